The number of nitrogens with one attached hydrogen (secondary N) is 1. The van der Waals surface area contributed by atoms with Gasteiger partial charge in [0.15, 0.2) is 0 Å². The van der Waals surface area contributed by atoms with E-state index in [2.05, 4.69) is 20.8 Å². The van der Waals surface area contributed by atoms with Gasteiger partial charge < -0.3 is 10.2 Å². The summed E-state index contributed by atoms with van der Waals surface area (Å²) in [5.41, 5.74) is 1.22. The average molecular weight is 430 g/mol. The summed E-state index contributed by atoms with van der Waals surface area (Å²) in [5.74, 6) is -3.50. The molecule has 1 unspecified atom stereocenters. The highest BCUT2D eigenvalue weighted by Gasteiger charge is 2.38. The molecular formula is C19H16F2N6O2S. The van der Waals surface area contributed by atoms with Crippen molar-refractivity contribution in [1.82, 2.24) is 20.2 Å². The lowest BCUT2D eigenvalue weighted by Crippen LogP contribution is -2.33. The van der Waals surface area contributed by atoms with E-state index in [4.69, 9.17) is 0 Å². The number of nitrogens with zero attached hydrogens (tertiary/aromatic N) is 5. The molecule has 0 radical (unpaired) electrons. The highest BCUT2D eigenvalue weighted by atomic mass is 32.2. The lowest BCUT2D eigenvalue weighted by molar-refractivity contribution is -0.129. The summed E-state index contributed by atoms with van der Waals surface area (Å²) < 4.78 is 28.5. The van der Waals surface area contributed by atoms with Crippen LogP contribution in [0.1, 0.15) is 6.42 Å². The zero-order chi connectivity index (χ0) is 21.3. The van der Waals surface area contributed by atoms with Gasteiger partial charge in [0.2, 0.25) is 17.0 Å². The summed E-state index contributed by atoms with van der Waals surface area (Å²) in [6.45, 7) is 0.196. The molecule has 2 aromatic carbocycles. The van der Waals surface area contributed by atoms with Gasteiger partial charge in [-0.1, -0.05) is 17.8 Å². The van der Waals surface area contributed by atoms with Gasteiger partial charge in [-0.15, -0.1) is 5.10 Å². The Morgan fingerprint density at radius 2 is 1.93 bits per heavy atom. The number of carbonyl (C=O) groups is 2. The summed E-state index contributed by atoms with van der Waals surface area (Å²) in [5, 5.41) is 14.8. The first-order valence-electron chi connectivity index (χ1n) is 8.97. The number of anilines is 2. The number of hydrogen-bond donors (Lipinski definition) is 1. The fraction of sp³-hybridized carbons (Fsp3) is 0.211. The molecule has 1 aliphatic heterocycles. The second-order valence-electron chi connectivity index (χ2n) is 6.58. The molecule has 0 spiro atoms. The van der Waals surface area contributed by atoms with Gasteiger partial charge in [0.25, 0.3) is 0 Å². The van der Waals surface area contributed by atoms with E-state index >= 15 is 0 Å². The van der Waals surface area contributed by atoms with Crippen molar-refractivity contribution in [2.75, 3.05) is 23.0 Å². The fourth-order valence-corrected chi connectivity index (χ4v) is 3.72. The molecule has 11 heteroatoms. The van der Waals surface area contributed by atoms with Gasteiger partial charge >= 0.3 is 0 Å². The minimum absolute atomic E-state index is 0.0954. The number of carbonyl (C=O) groups excluding carboxylic acids is 2. The van der Waals surface area contributed by atoms with Gasteiger partial charge in [0.1, 0.15) is 17.6 Å². The Hall–Kier alpha value is -3.34. The molecule has 2 heterocycles. The first-order chi connectivity index (χ1) is 14.5. The number of thioether (sulfide) groups is 1. The molecule has 1 fully saturated rings. The van der Waals surface area contributed by atoms with Crippen LogP contribution in [0.3, 0.4) is 0 Å². The minimum Gasteiger partial charge on any atom is -0.325 e. The Bertz CT molecular complexity index is 1100. The maximum Gasteiger partial charge on any atom is 0.239 e. The standard InChI is InChI=1S/C19H16F2N6O2S/c1-30-19-23-24-25-27(19)14-4-2-3-13(10-14)22-17(28)16-5-6-26(18(16)29)15-8-11(20)7-12(21)9-15/h2-4,7-10,16H,5-6H2,1H3,(H,22,28). The zero-order valence-electron chi connectivity index (χ0n) is 15.7. The Morgan fingerprint density at radius 1 is 1.17 bits per heavy atom. The van der Waals surface area contributed by atoms with Gasteiger partial charge in [0.05, 0.1) is 5.69 Å². The van der Waals surface area contributed by atoms with Gasteiger partial charge in [-0.2, -0.15) is 4.68 Å². The topological polar surface area (TPSA) is 93.0 Å². The van der Waals surface area contributed by atoms with Crippen molar-refractivity contribution in [2.24, 2.45) is 5.92 Å². The third-order valence-corrected chi connectivity index (χ3v) is 5.28. The first kappa shape index (κ1) is 20.0. The van der Waals surface area contributed by atoms with Gasteiger partial charge in [-0.3, -0.25) is 9.59 Å². The molecule has 30 heavy (non-hydrogen) atoms. The van der Waals surface area contributed by atoms with Crippen LogP contribution in [0, 0.1) is 17.6 Å². The predicted octanol–water partition coefficient (Wildman–Crippen LogP) is 2.65. The molecule has 1 atom stereocenters. The third kappa shape index (κ3) is 3.88. The Balaban J connectivity index is 1.49. The zero-order valence-corrected chi connectivity index (χ0v) is 16.6. The SMILES string of the molecule is CSc1nnnn1-c1cccc(NC(=O)C2CCN(c3cc(F)cc(F)c3)C2=O)c1. The molecule has 0 aliphatic carbocycles. The maximum absolute atomic E-state index is 13.5. The number of hydrogen-bond acceptors (Lipinski definition) is 6. The van der Waals surface area contributed by atoms with Crippen LogP contribution in [0.5, 0.6) is 0 Å². The van der Waals surface area contributed by atoms with Crippen molar-refractivity contribution < 1.29 is 18.4 Å². The molecular weight excluding hydrogens is 414 g/mol. The number of rotatable bonds is 5. The molecule has 4 rings (SSSR count). The summed E-state index contributed by atoms with van der Waals surface area (Å²) >= 11 is 1.37. The molecule has 1 N–H and O–H groups in total. The average Bonchev–Trinajstić information content (AvgIpc) is 3.33. The fourth-order valence-electron chi connectivity index (χ4n) is 3.29. The van der Waals surface area contributed by atoms with Crippen LogP contribution >= 0.6 is 11.8 Å². The quantitative estimate of drug-likeness (QED) is 0.494. The van der Waals surface area contributed by atoms with Crippen molar-refractivity contribution in [3.05, 3.63) is 54.1 Å². The number of amides is 2. The smallest absolute Gasteiger partial charge is 0.239 e. The van der Waals surface area contributed by atoms with Crippen molar-refractivity contribution in [3.63, 3.8) is 0 Å². The summed E-state index contributed by atoms with van der Waals surface area (Å²) in [4.78, 5) is 26.6. The van der Waals surface area contributed by atoms with Crippen LogP contribution in [-0.4, -0.2) is 44.8 Å². The highest BCUT2D eigenvalue weighted by molar-refractivity contribution is 7.98. The second-order valence-corrected chi connectivity index (χ2v) is 7.35. The summed E-state index contributed by atoms with van der Waals surface area (Å²) in [6.07, 6.45) is 2.09. The van der Waals surface area contributed by atoms with E-state index < -0.39 is 29.4 Å². The lowest BCUT2D eigenvalue weighted by atomic mass is 10.1. The monoisotopic (exact) mass is 430 g/mol. The van der Waals surface area contributed by atoms with Gasteiger partial charge in [-0.05, 0) is 53.4 Å². The van der Waals surface area contributed by atoms with Crippen LogP contribution in [0.4, 0.5) is 20.2 Å². The minimum atomic E-state index is -0.949. The largest absolute Gasteiger partial charge is 0.325 e. The van der Waals surface area contributed by atoms with Crippen molar-refractivity contribution in [2.45, 2.75) is 11.6 Å². The van der Waals surface area contributed by atoms with Crippen LogP contribution in [0.25, 0.3) is 5.69 Å². The number of aromatic nitrogens is 4. The van der Waals surface area contributed by atoms with Gasteiger partial charge in [-0.25, -0.2) is 8.78 Å². The highest BCUT2D eigenvalue weighted by Crippen LogP contribution is 2.28. The van der Waals surface area contributed by atoms with E-state index in [9.17, 15) is 18.4 Å². The summed E-state index contributed by atoms with van der Waals surface area (Å²) in [7, 11) is 0. The van der Waals surface area contributed by atoms with E-state index in [1.54, 1.807) is 24.3 Å². The van der Waals surface area contributed by atoms with Gasteiger partial charge in [0, 0.05) is 24.0 Å². The molecule has 1 saturated heterocycles. The van der Waals surface area contributed by atoms with E-state index in [1.807, 2.05) is 6.26 Å². The molecule has 8 nitrogen and oxygen atoms in total. The van der Waals surface area contributed by atoms with Crippen LogP contribution in [-0.2, 0) is 9.59 Å². The van der Waals surface area contributed by atoms with E-state index in [1.165, 1.54) is 21.3 Å². The Kier molecular flexibility index (Phi) is 5.44. The lowest BCUT2D eigenvalue weighted by Gasteiger charge is -2.17. The van der Waals surface area contributed by atoms with Crippen LogP contribution in [0.2, 0.25) is 0 Å². The van der Waals surface area contributed by atoms with Crippen LogP contribution in [0.15, 0.2) is 47.6 Å². The van der Waals surface area contributed by atoms with Crippen LogP contribution < -0.4 is 10.2 Å². The first-order valence-corrected chi connectivity index (χ1v) is 10.2. The van der Waals surface area contributed by atoms with E-state index in [-0.39, 0.29) is 18.7 Å². The number of halogens is 2. The summed E-state index contributed by atoms with van der Waals surface area (Å²) in [6, 6.07) is 9.76. The van der Waals surface area contributed by atoms with Crippen molar-refractivity contribution >= 4 is 35.0 Å². The molecule has 1 aliphatic rings. The maximum atomic E-state index is 13.5. The normalized spacial score (nSPS) is 16.2. The van der Waals surface area contributed by atoms with Crippen molar-refractivity contribution in [3.8, 4) is 5.69 Å². The molecule has 1 aromatic heterocycles. The molecule has 0 bridgehead atoms. The van der Waals surface area contributed by atoms with E-state index in [0.29, 0.717) is 16.5 Å². The third-order valence-electron chi connectivity index (χ3n) is 4.66. The number of benzene rings is 2. The predicted molar refractivity (Wildman–Crippen MR) is 106 cm³/mol. The Labute approximate surface area is 174 Å². The second kappa shape index (κ2) is 8.19. The van der Waals surface area contributed by atoms with E-state index in [0.717, 1.165) is 18.2 Å². The molecule has 2 amide bonds. The molecule has 0 saturated carbocycles. The molecule has 154 valence electrons. The molecule has 3 aromatic rings. The number of tetrazole rings is 1. The Morgan fingerprint density at radius 3 is 2.67 bits per heavy atom. The van der Waals surface area contributed by atoms with Crippen molar-refractivity contribution in [1.29, 1.82) is 0 Å².